The lowest BCUT2D eigenvalue weighted by atomic mass is 9.87. The Morgan fingerprint density at radius 2 is 1.64 bits per heavy atom. The molecular weight excluding hydrogens is 318 g/mol. The standard InChI is InChI=1S/C19H19N3O3/c1-19(2,3)13-10-8-12(9-11-13)16(23)21-22-17(24)14-6-4-5-7-15(14)20-18(22)25/h4-11H,1-3H3,(H,20,25)(H,21,23). The Hall–Kier alpha value is -3.15. The van der Waals surface area contributed by atoms with E-state index in [1.807, 2.05) is 12.1 Å². The van der Waals surface area contributed by atoms with E-state index in [2.05, 4.69) is 31.2 Å². The Bertz CT molecular complexity index is 1050. The van der Waals surface area contributed by atoms with Crippen molar-refractivity contribution in [1.29, 1.82) is 0 Å². The van der Waals surface area contributed by atoms with Gasteiger partial charge in [0, 0.05) is 5.56 Å². The van der Waals surface area contributed by atoms with Crippen LogP contribution in [0.15, 0.2) is 58.1 Å². The first kappa shape index (κ1) is 16.7. The molecule has 3 aromatic rings. The van der Waals surface area contributed by atoms with Crippen molar-refractivity contribution in [3.63, 3.8) is 0 Å². The van der Waals surface area contributed by atoms with Crippen molar-refractivity contribution >= 4 is 16.8 Å². The second-order valence-corrected chi connectivity index (χ2v) is 6.88. The number of H-pyrrole nitrogens is 1. The monoisotopic (exact) mass is 337 g/mol. The van der Waals surface area contributed by atoms with Gasteiger partial charge in [0.1, 0.15) is 0 Å². The van der Waals surface area contributed by atoms with Gasteiger partial charge in [-0.15, -0.1) is 0 Å². The molecule has 0 unspecified atom stereocenters. The molecule has 0 radical (unpaired) electrons. The molecule has 0 aliphatic rings. The Kier molecular flexibility index (Phi) is 4.04. The highest BCUT2D eigenvalue weighted by atomic mass is 16.2. The molecule has 1 amide bonds. The summed E-state index contributed by atoms with van der Waals surface area (Å²) in [6, 6.07) is 13.7. The predicted molar refractivity (Wildman–Crippen MR) is 97.7 cm³/mol. The van der Waals surface area contributed by atoms with E-state index in [0.29, 0.717) is 21.1 Å². The third-order valence-corrected chi connectivity index (χ3v) is 4.03. The molecule has 2 aromatic carbocycles. The Balaban J connectivity index is 1.95. The number of nitrogens with zero attached hydrogens (tertiary/aromatic N) is 1. The van der Waals surface area contributed by atoms with Crippen LogP contribution in [-0.2, 0) is 5.41 Å². The molecule has 6 heteroatoms. The molecule has 3 rings (SSSR count). The summed E-state index contributed by atoms with van der Waals surface area (Å²) in [5.74, 6) is -0.525. The predicted octanol–water partition coefficient (Wildman–Crippen LogP) is 2.37. The normalized spacial score (nSPS) is 11.5. The van der Waals surface area contributed by atoms with Crippen molar-refractivity contribution in [1.82, 2.24) is 9.66 Å². The molecule has 1 heterocycles. The highest BCUT2D eigenvalue weighted by Crippen LogP contribution is 2.22. The number of hydrogen-bond acceptors (Lipinski definition) is 3. The van der Waals surface area contributed by atoms with Crippen LogP contribution in [0.3, 0.4) is 0 Å². The van der Waals surface area contributed by atoms with E-state index < -0.39 is 17.2 Å². The number of rotatable bonds is 2. The largest absolute Gasteiger partial charge is 0.348 e. The summed E-state index contributed by atoms with van der Waals surface area (Å²) in [7, 11) is 0. The second-order valence-electron chi connectivity index (χ2n) is 6.88. The maximum absolute atomic E-state index is 12.4. The summed E-state index contributed by atoms with van der Waals surface area (Å²) in [4.78, 5) is 39.5. The molecule has 0 atom stereocenters. The van der Waals surface area contributed by atoms with Gasteiger partial charge in [-0.2, -0.15) is 4.68 Å². The molecular formula is C19H19N3O3. The van der Waals surface area contributed by atoms with Gasteiger partial charge in [-0.05, 0) is 35.2 Å². The molecule has 25 heavy (non-hydrogen) atoms. The van der Waals surface area contributed by atoms with Crippen molar-refractivity contribution in [3.05, 3.63) is 80.5 Å². The number of carbonyl (C=O) groups is 1. The van der Waals surface area contributed by atoms with Crippen LogP contribution in [0, 0.1) is 0 Å². The van der Waals surface area contributed by atoms with Gasteiger partial charge in [0.25, 0.3) is 11.5 Å². The fraction of sp³-hybridized carbons (Fsp3) is 0.211. The molecule has 0 saturated heterocycles. The van der Waals surface area contributed by atoms with Crippen LogP contribution >= 0.6 is 0 Å². The number of benzene rings is 2. The first-order valence-electron chi connectivity index (χ1n) is 7.93. The van der Waals surface area contributed by atoms with Gasteiger partial charge >= 0.3 is 5.69 Å². The van der Waals surface area contributed by atoms with Gasteiger partial charge in [-0.25, -0.2) is 4.79 Å². The van der Waals surface area contributed by atoms with Crippen LogP contribution < -0.4 is 16.7 Å². The topological polar surface area (TPSA) is 84.0 Å². The first-order chi connectivity index (χ1) is 11.8. The zero-order valence-electron chi connectivity index (χ0n) is 14.3. The van der Waals surface area contributed by atoms with Crippen molar-refractivity contribution in [2.75, 3.05) is 5.43 Å². The van der Waals surface area contributed by atoms with Crippen LogP contribution in [0.1, 0.15) is 36.7 Å². The number of amides is 1. The smallest absolute Gasteiger partial charge is 0.305 e. The van der Waals surface area contributed by atoms with Crippen molar-refractivity contribution in [2.45, 2.75) is 26.2 Å². The quantitative estimate of drug-likeness (QED) is 0.753. The third-order valence-electron chi connectivity index (χ3n) is 4.03. The van der Waals surface area contributed by atoms with E-state index in [4.69, 9.17) is 0 Å². The Labute approximate surface area is 144 Å². The number of aromatic amines is 1. The van der Waals surface area contributed by atoms with Gasteiger partial charge in [-0.1, -0.05) is 45.0 Å². The summed E-state index contributed by atoms with van der Waals surface area (Å²) < 4.78 is 0.697. The average molecular weight is 337 g/mol. The summed E-state index contributed by atoms with van der Waals surface area (Å²) in [6.45, 7) is 6.24. The van der Waals surface area contributed by atoms with Crippen molar-refractivity contribution in [2.24, 2.45) is 0 Å². The molecule has 1 aromatic heterocycles. The Morgan fingerprint density at radius 3 is 2.28 bits per heavy atom. The van der Waals surface area contributed by atoms with Gasteiger partial charge in [0.05, 0.1) is 10.9 Å². The lowest BCUT2D eigenvalue weighted by Gasteiger charge is -2.19. The molecule has 0 saturated carbocycles. The minimum atomic E-state index is -0.691. The number of carbonyl (C=O) groups excluding carboxylic acids is 1. The van der Waals surface area contributed by atoms with E-state index in [1.54, 1.807) is 36.4 Å². The summed E-state index contributed by atoms with van der Waals surface area (Å²) in [5, 5.41) is 0.325. The van der Waals surface area contributed by atoms with Gasteiger partial charge < -0.3 is 4.98 Å². The average Bonchev–Trinajstić information content (AvgIpc) is 2.58. The molecule has 0 aliphatic heterocycles. The first-order valence-corrected chi connectivity index (χ1v) is 7.93. The number of hydrogen-bond donors (Lipinski definition) is 2. The fourth-order valence-electron chi connectivity index (χ4n) is 2.55. The minimum absolute atomic E-state index is 0.0264. The molecule has 6 nitrogen and oxygen atoms in total. The molecule has 0 bridgehead atoms. The fourth-order valence-corrected chi connectivity index (χ4v) is 2.55. The highest BCUT2D eigenvalue weighted by Gasteiger charge is 2.15. The maximum atomic E-state index is 12.4. The van der Waals surface area contributed by atoms with E-state index in [1.165, 1.54) is 0 Å². The third kappa shape index (κ3) is 3.24. The number of aromatic nitrogens is 2. The summed E-state index contributed by atoms with van der Waals surface area (Å²) in [6.07, 6.45) is 0. The lowest BCUT2D eigenvalue weighted by Crippen LogP contribution is -2.43. The van der Waals surface area contributed by atoms with Crippen LogP contribution in [0.5, 0.6) is 0 Å². The molecule has 0 spiro atoms. The van der Waals surface area contributed by atoms with Gasteiger partial charge in [0.2, 0.25) is 0 Å². The zero-order valence-corrected chi connectivity index (χ0v) is 14.3. The van der Waals surface area contributed by atoms with Gasteiger partial charge in [0.15, 0.2) is 0 Å². The molecule has 2 N–H and O–H groups in total. The SMILES string of the molecule is CC(C)(C)c1ccc(C(=O)Nn2c(=O)[nH]c3ccccc3c2=O)cc1. The van der Waals surface area contributed by atoms with E-state index in [0.717, 1.165) is 5.56 Å². The molecule has 0 aliphatic carbocycles. The number of fused-ring (bicyclic) bond motifs is 1. The second kappa shape index (κ2) is 6.05. The van der Waals surface area contributed by atoms with Gasteiger partial charge in [-0.3, -0.25) is 15.0 Å². The minimum Gasteiger partial charge on any atom is -0.305 e. The van der Waals surface area contributed by atoms with E-state index >= 15 is 0 Å². The Morgan fingerprint density at radius 1 is 1.00 bits per heavy atom. The van der Waals surface area contributed by atoms with Crippen LogP contribution in [-0.4, -0.2) is 15.6 Å². The molecule has 128 valence electrons. The van der Waals surface area contributed by atoms with E-state index in [9.17, 15) is 14.4 Å². The highest BCUT2D eigenvalue weighted by molar-refractivity contribution is 6.00. The van der Waals surface area contributed by atoms with Crippen LogP contribution in [0.2, 0.25) is 0 Å². The number of para-hydroxylation sites is 1. The molecule has 0 fully saturated rings. The van der Waals surface area contributed by atoms with Crippen LogP contribution in [0.25, 0.3) is 10.9 Å². The van der Waals surface area contributed by atoms with Crippen molar-refractivity contribution in [3.8, 4) is 0 Å². The van der Waals surface area contributed by atoms with Crippen molar-refractivity contribution < 1.29 is 4.79 Å². The summed E-state index contributed by atoms with van der Waals surface area (Å²) in [5.41, 5.74) is 2.96. The van der Waals surface area contributed by atoms with Crippen LogP contribution in [0.4, 0.5) is 0 Å². The van der Waals surface area contributed by atoms with E-state index in [-0.39, 0.29) is 5.41 Å². The number of nitrogens with one attached hydrogen (secondary N) is 2. The summed E-state index contributed by atoms with van der Waals surface area (Å²) >= 11 is 0. The lowest BCUT2D eigenvalue weighted by molar-refractivity contribution is 0.101. The maximum Gasteiger partial charge on any atom is 0.348 e. The zero-order chi connectivity index (χ0) is 18.2.